The van der Waals surface area contributed by atoms with Gasteiger partial charge in [-0.05, 0) is 24.3 Å². The molecule has 2 aromatic heterocycles. The van der Waals surface area contributed by atoms with Crippen molar-refractivity contribution in [3.63, 3.8) is 0 Å². The number of carbonyl (C=O) groups excluding carboxylic acids is 2. The zero-order chi connectivity index (χ0) is 19.5. The minimum Gasteiger partial charge on any atom is -0.504 e. The first-order valence-corrected chi connectivity index (χ1v) is 8.42. The average molecular weight is 373 g/mol. The molecule has 4 aromatic rings. The van der Waals surface area contributed by atoms with E-state index in [1.54, 1.807) is 30.3 Å². The van der Waals surface area contributed by atoms with Crippen molar-refractivity contribution in [1.82, 2.24) is 25.6 Å². The number of carbonyl (C=O) groups is 2. The number of aromatic nitrogens is 3. The van der Waals surface area contributed by atoms with E-state index in [0.717, 1.165) is 5.39 Å². The van der Waals surface area contributed by atoms with Crippen LogP contribution in [0.25, 0.3) is 16.6 Å². The molecule has 0 atom stereocenters. The van der Waals surface area contributed by atoms with E-state index in [4.69, 9.17) is 0 Å². The Balaban J connectivity index is 1.46. The molecular formula is C20H15N5O3. The summed E-state index contributed by atoms with van der Waals surface area (Å²) in [6.45, 7) is 0. The Morgan fingerprint density at radius 1 is 0.857 bits per heavy atom. The van der Waals surface area contributed by atoms with Gasteiger partial charge in [-0.25, -0.2) is 9.67 Å². The number of hydrogen-bond donors (Lipinski definition) is 3. The third kappa shape index (κ3) is 3.38. The van der Waals surface area contributed by atoms with Crippen LogP contribution >= 0.6 is 0 Å². The van der Waals surface area contributed by atoms with E-state index < -0.39 is 11.8 Å². The number of pyridine rings is 1. The summed E-state index contributed by atoms with van der Waals surface area (Å²) in [6, 6.07) is 19.7. The molecule has 0 spiro atoms. The summed E-state index contributed by atoms with van der Waals surface area (Å²) in [6.07, 6.45) is 1.32. The Morgan fingerprint density at radius 3 is 2.39 bits per heavy atom. The summed E-state index contributed by atoms with van der Waals surface area (Å²) >= 11 is 0. The molecule has 0 aliphatic heterocycles. The second kappa shape index (κ2) is 7.20. The topological polar surface area (TPSA) is 109 Å². The maximum Gasteiger partial charge on any atom is 0.294 e. The number of aromatic hydroxyl groups is 1. The predicted molar refractivity (Wildman–Crippen MR) is 102 cm³/mol. The molecule has 0 radical (unpaired) electrons. The minimum atomic E-state index is -0.749. The first-order chi connectivity index (χ1) is 13.6. The molecule has 0 aliphatic carbocycles. The molecule has 138 valence electrons. The molecule has 0 unspecified atom stereocenters. The summed E-state index contributed by atoms with van der Waals surface area (Å²) in [5.74, 6) is -1.64. The van der Waals surface area contributed by atoms with Gasteiger partial charge in [0.15, 0.2) is 11.4 Å². The van der Waals surface area contributed by atoms with Crippen molar-refractivity contribution in [2.75, 3.05) is 0 Å². The maximum atomic E-state index is 12.3. The third-order valence-electron chi connectivity index (χ3n) is 4.05. The Hall–Kier alpha value is -4.20. The Bertz CT molecular complexity index is 1170. The number of amides is 2. The van der Waals surface area contributed by atoms with Crippen molar-refractivity contribution < 1.29 is 14.7 Å². The van der Waals surface area contributed by atoms with Gasteiger partial charge in [0.05, 0.1) is 17.4 Å². The van der Waals surface area contributed by atoms with Gasteiger partial charge in [-0.3, -0.25) is 20.4 Å². The van der Waals surface area contributed by atoms with Crippen LogP contribution in [0.2, 0.25) is 0 Å². The fourth-order valence-electron chi connectivity index (χ4n) is 2.67. The van der Waals surface area contributed by atoms with Crippen molar-refractivity contribution in [2.45, 2.75) is 0 Å². The van der Waals surface area contributed by atoms with Crippen LogP contribution in [0, 0.1) is 0 Å². The van der Waals surface area contributed by atoms with E-state index in [-0.39, 0.29) is 17.1 Å². The van der Waals surface area contributed by atoms with Crippen LogP contribution in [0.5, 0.6) is 5.75 Å². The number of para-hydroxylation sites is 2. The van der Waals surface area contributed by atoms with Gasteiger partial charge >= 0.3 is 0 Å². The second-order valence-corrected chi connectivity index (χ2v) is 5.94. The van der Waals surface area contributed by atoms with Crippen molar-refractivity contribution >= 4 is 22.7 Å². The van der Waals surface area contributed by atoms with E-state index in [1.165, 1.54) is 10.9 Å². The summed E-state index contributed by atoms with van der Waals surface area (Å²) in [5, 5.41) is 15.0. The third-order valence-corrected chi connectivity index (χ3v) is 4.05. The van der Waals surface area contributed by atoms with Crippen molar-refractivity contribution in [3.8, 4) is 11.4 Å². The maximum absolute atomic E-state index is 12.3. The quantitative estimate of drug-likeness (QED) is 0.477. The lowest BCUT2D eigenvalue weighted by atomic mass is 10.2. The van der Waals surface area contributed by atoms with Crippen LogP contribution in [0.4, 0.5) is 0 Å². The van der Waals surface area contributed by atoms with E-state index in [1.807, 2.05) is 36.4 Å². The number of nitrogens with zero attached hydrogens (tertiary/aromatic N) is 3. The molecule has 0 bridgehead atoms. The molecule has 2 aromatic carbocycles. The Labute approximate surface area is 159 Å². The molecule has 0 saturated heterocycles. The summed E-state index contributed by atoms with van der Waals surface area (Å²) in [4.78, 5) is 28.8. The van der Waals surface area contributed by atoms with E-state index in [0.29, 0.717) is 11.2 Å². The van der Waals surface area contributed by atoms with Gasteiger partial charge in [0.25, 0.3) is 11.8 Å². The summed E-state index contributed by atoms with van der Waals surface area (Å²) < 4.78 is 1.37. The van der Waals surface area contributed by atoms with Crippen molar-refractivity contribution in [2.24, 2.45) is 0 Å². The van der Waals surface area contributed by atoms with Crippen LogP contribution < -0.4 is 10.9 Å². The monoisotopic (exact) mass is 373 g/mol. The van der Waals surface area contributed by atoms with E-state index in [9.17, 15) is 14.7 Å². The standard InChI is InChI=1S/C20H15N5O3/c26-17-12-25(14-7-2-1-3-8-14)24-18(17)20(28)23-22-19(27)16-11-10-13-6-4-5-9-15(13)21-16/h1-12,26H,(H,22,27)(H,23,28). The molecule has 0 aliphatic rings. The fourth-order valence-corrected chi connectivity index (χ4v) is 2.67. The van der Waals surface area contributed by atoms with Crippen LogP contribution in [-0.4, -0.2) is 31.7 Å². The molecule has 28 heavy (non-hydrogen) atoms. The number of benzene rings is 2. The number of fused-ring (bicyclic) bond motifs is 1. The van der Waals surface area contributed by atoms with Gasteiger partial charge < -0.3 is 5.11 Å². The van der Waals surface area contributed by atoms with E-state index in [2.05, 4.69) is 20.9 Å². The largest absolute Gasteiger partial charge is 0.504 e. The molecule has 0 fully saturated rings. The molecule has 0 saturated carbocycles. The second-order valence-electron chi connectivity index (χ2n) is 5.94. The number of rotatable bonds is 3. The number of hydrazine groups is 1. The predicted octanol–water partition coefficient (Wildman–Crippen LogP) is 2.20. The van der Waals surface area contributed by atoms with E-state index >= 15 is 0 Å². The number of nitrogens with one attached hydrogen (secondary N) is 2. The lowest BCUT2D eigenvalue weighted by molar-refractivity contribution is 0.0839. The SMILES string of the molecule is O=C(NNC(=O)c1nn(-c2ccccc2)cc1O)c1ccc2ccccc2n1. The van der Waals surface area contributed by atoms with Gasteiger partial charge in [-0.2, -0.15) is 5.10 Å². The lowest BCUT2D eigenvalue weighted by Gasteiger charge is -2.06. The normalized spacial score (nSPS) is 10.6. The smallest absolute Gasteiger partial charge is 0.294 e. The first-order valence-electron chi connectivity index (χ1n) is 8.42. The lowest BCUT2D eigenvalue weighted by Crippen LogP contribution is -2.42. The van der Waals surface area contributed by atoms with Crippen LogP contribution in [-0.2, 0) is 0 Å². The van der Waals surface area contributed by atoms with Crippen LogP contribution in [0.1, 0.15) is 21.0 Å². The minimum absolute atomic E-state index is 0.151. The van der Waals surface area contributed by atoms with Crippen LogP contribution in [0.3, 0.4) is 0 Å². The molecular weight excluding hydrogens is 358 g/mol. The molecule has 2 amide bonds. The first kappa shape index (κ1) is 17.2. The van der Waals surface area contributed by atoms with Gasteiger partial charge in [-0.15, -0.1) is 0 Å². The molecule has 2 heterocycles. The summed E-state index contributed by atoms with van der Waals surface area (Å²) in [5.41, 5.74) is 5.80. The highest BCUT2D eigenvalue weighted by Gasteiger charge is 2.18. The number of hydrogen-bond acceptors (Lipinski definition) is 5. The zero-order valence-electron chi connectivity index (χ0n) is 14.5. The fraction of sp³-hybridized carbons (Fsp3) is 0. The molecule has 3 N–H and O–H groups in total. The highest BCUT2D eigenvalue weighted by Crippen LogP contribution is 2.17. The Morgan fingerprint density at radius 2 is 1.57 bits per heavy atom. The average Bonchev–Trinajstić information content (AvgIpc) is 3.14. The van der Waals surface area contributed by atoms with Crippen LogP contribution in [0.15, 0.2) is 72.9 Å². The van der Waals surface area contributed by atoms with Gasteiger partial charge in [0.2, 0.25) is 0 Å². The molecule has 4 rings (SSSR count). The molecule has 8 nitrogen and oxygen atoms in total. The van der Waals surface area contributed by atoms with Gasteiger partial charge in [0.1, 0.15) is 5.69 Å². The molecule has 8 heteroatoms. The van der Waals surface area contributed by atoms with Gasteiger partial charge in [0, 0.05) is 5.39 Å². The highest BCUT2D eigenvalue weighted by atomic mass is 16.3. The summed E-state index contributed by atoms with van der Waals surface area (Å²) in [7, 11) is 0. The Kier molecular flexibility index (Phi) is 4.43. The van der Waals surface area contributed by atoms with Crippen molar-refractivity contribution in [1.29, 1.82) is 0 Å². The van der Waals surface area contributed by atoms with Crippen molar-refractivity contribution in [3.05, 3.63) is 84.3 Å². The highest BCUT2D eigenvalue weighted by molar-refractivity contribution is 5.99. The van der Waals surface area contributed by atoms with Gasteiger partial charge in [-0.1, -0.05) is 42.5 Å². The zero-order valence-corrected chi connectivity index (χ0v) is 14.5.